The van der Waals surface area contributed by atoms with Crippen LogP contribution in [0.5, 0.6) is 5.75 Å². The molecule has 0 saturated carbocycles. The van der Waals surface area contributed by atoms with Gasteiger partial charge >= 0.3 is 0 Å². The monoisotopic (exact) mass is 200 g/mol. The molecule has 1 aromatic rings. The third-order valence-electron chi connectivity index (χ3n) is 1.39. The van der Waals surface area contributed by atoms with E-state index in [-0.39, 0.29) is 13.2 Å². The van der Waals surface area contributed by atoms with E-state index in [0.717, 1.165) is 0 Å². The first-order valence-electron chi connectivity index (χ1n) is 3.75. The molecule has 0 aliphatic heterocycles. The van der Waals surface area contributed by atoms with Crippen molar-refractivity contribution in [3.63, 3.8) is 0 Å². The Morgan fingerprint density at radius 1 is 1.46 bits per heavy atom. The van der Waals surface area contributed by atoms with Crippen molar-refractivity contribution in [2.45, 2.75) is 0 Å². The van der Waals surface area contributed by atoms with Crippen molar-refractivity contribution < 1.29 is 14.6 Å². The molecule has 0 saturated heterocycles. The smallest absolute Gasteiger partial charge is 0.150 e. The zero-order chi connectivity index (χ0) is 9.68. The molecule has 13 heavy (non-hydrogen) atoms. The molecule has 0 aliphatic rings. The summed E-state index contributed by atoms with van der Waals surface area (Å²) in [6, 6.07) is 4.69. The normalized spacial score (nSPS) is 9.69. The Morgan fingerprint density at radius 2 is 2.23 bits per heavy atom. The molecule has 1 aromatic carbocycles. The SMILES string of the molecule is O=Cc1cc(Cl)cc(OCCO)c1. The molecule has 0 unspecified atom stereocenters. The molecule has 4 heteroatoms. The number of carbonyl (C=O) groups is 1. The van der Waals surface area contributed by atoms with E-state index in [2.05, 4.69) is 0 Å². The van der Waals surface area contributed by atoms with Crippen LogP contribution in [0.15, 0.2) is 18.2 Å². The molecule has 70 valence electrons. The number of benzene rings is 1. The molecule has 0 spiro atoms. The zero-order valence-corrected chi connectivity index (χ0v) is 7.62. The first-order chi connectivity index (χ1) is 6.26. The van der Waals surface area contributed by atoms with Crippen LogP contribution in [0.1, 0.15) is 10.4 Å². The van der Waals surface area contributed by atoms with Gasteiger partial charge in [-0.25, -0.2) is 0 Å². The highest BCUT2D eigenvalue weighted by Crippen LogP contribution is 2.19. The standard InChI is InChI=1S/C9H9ClO3/c10-8-3-7(6-12)4-9(5-8)13-2-1-11/h3-6,11H,1-2H2. The van der Waals surface area contributed by atoms with Crippen LogP contribution in [-0.2, 0) is 0 Å². The molecule has 1 rings (SSSR count). The molecular formula is C9H9ClO3. The van der Waals surface area contributed by atoms with Crippen LogP contribution in [0.2, 0.25) is 5.02 Å². The molecule has 1 N–H and O–H groups in total. The highest BCUT2D eigenvalue weighted by Gasteiger charge is 1.99. The lowest BCUT2D eigenvalue weighted by Gasteiger charge is -2.04. The van der Waals surface area contributed by atoms with Crippen LogP contribution in [0.25, 0.3) is 0 Å². The second kappa shape index (κ2) is 4.84. The predicted octanol–water partition coefficient (Wildman–Crippen LogP) is 1.52. The van der Waals surface area contributed by atoms with E-state index in [1.807, 2.05) is 0 Å². The minimum Gasteiger partial charge on any atom is -0.491 e. The fourth-order valence-electron chi connectivity index (χ4n) is 0.899. The quantitative estimate of drug-likeness (QED) is 0.750. The Hall–Kier alpha value is -1.06. The van der Waals surface area contributed by atoms with Crippen molar-refractivity contribution in [1.29, 1.82) is 0 Å². The van der Waals surface area contributed by atoms with Gasteiger partial charge in [-0.05, 0) is 18.2 Å². The lowest BCUT2D eigenvalue weighted by atomic mass is 10.2. The van der Waals surface area contributed by atoms with Crippen LogP contribution in [0.3, 0.4) is 0 Å². The largest absolute Gasteiger partial charge is 0.491 e. The summed E-state index contributed by atoms with van der Waals surface area (Å²) in [4.78, 5) is 10.4. The fraction of sp³-hybridized carbons (Fsp3) is 0.222. The summed E-state index contributed by atoms with van der Waals surface area (Å²) in [6.45, 7) is 0.127. The average Bonchev–Trinajstić information content (AvgIpc) is 2.14. The average molecular weight is 201 g/mol. The molecule has 0 amide bonds. The number of halogens is 1. The first kappa shape index (κ1) is 10.0. The van der Waals surface area contributed by atoms with Gasteiger partial charge in [0.2, 0.25) is 0 Å². The van der Waals surface area contributed by atoms with E-state index in [1.165, 1.54) is 0 Å². The Kier molecular flexibility index (Phi) is 3.73. The van der Waals surface area contributed by atoms with Gasteiger partial charge in [-0.3, -0.25) is 4.79 Å². The first-order valence-corrected chi connectivity index (χ1v) is 4.13. The van der Waals surface area contributed by atoms with Gasteiger partial charge in [-0.15, -0.1) is 0 Å². The Bertz CT molecular complexity index is 299. The highest BCUT2D eigenvalue weighted by molar-refractivity contribution is 6.31. The van der Waals surface area contributed by atoms with Crippen molar-refractivity contribution in [2.75, 3.05) is 13.2 Å². The summed E-state index contributed by atoms with van der Waals surface area (Å²) < 4.78 is 5.09. The van der Waals surface area contributed by atoms with E-state index < -0.39 is 0 Å². The van der Waals surface area contributed by atoms with Crippen LogP contribution in [0, 0.1) is 0 Å². The lowest BCUT2D eigenvalue weighted by molar-refractivity contribution is 0.112. The van der Waals surface area contributed by atoms with Crippen molar-refractivity contribution in [2.24, 2.45) is 0 Å². The van der Waals surface area contributed by atoms with Crippen molar-refractivity contribution in [3.05, 3.63) is 28.8 Å². The molecule has 3 nitrogen and oxygen atoms in total. The molecule has 0 aliphatic carbocycles. The fourth-order valence-corrected chi connectivity index (χ4v) is 1.13. The van der Waals surface area contributed by atoms with Gasteiger partial charge in [0.25, 0.3) is 0 Å². The molecule has 0 fully saturated rings. The number of ether oxygens (including phenoxy) is 1. The van der Waals surface area contributed by atoms with E-state index >= 15 is 0 Å². The lowest BCUT2D eigenvalue weighted by Crippen LogP contribution is -2.01. The van der Waals surface area contributed by atoms with Gasteiger partial charge in [0, 0.05) is 10.6 Å². The maximum atomic E-state index is 10.4. The molecule has 0 aromatic heterocycles. The molecular weight excluding hydrogens is 192 g/mol. The second-order valence-corrected chi connectivity index (χ2v) is 2.85. The predicted molar refractivity (Wildman–Crippen MR) is 49.4 cm³/mol. The Balaban J connectivity index is 2.81. The van der Waals surface area contributed by atoms with Gasteiger partial charge in [0.05, 0.1) is 6.61 Å². The van der Waals surface area contributed by atoms with E-state index in [9.17, 15) is 4.79 Å². The van der Waals surface area contributed by atoms with Gasteiger partial charge in [0.1, 0.15) is 18.6 Å². The van der Waals surface area contributed by atoms with E-state index in [1.54, 1.807) is 18.2 Å². The third kappa shape index (κ3) is 3.05. The third-order valence-corrected chi connectivity index (χ3v) is 1.61. The summed E-state index contributed by atoms with van der Waals surface area (Å²) in [5.74, 6) is 0.489. The number of aliphatic hydroxyl groups is 1. The molecule has 0 bridgehead atoms. The molecule has 0 atom stereocenters. The highest BCUT2D eigenvalue weighted by atomic mass is 35.5. The zero-order valence-electron chi connectivity index (χ0n) is 6.87. The van der Waals surface area contributed by atoms with Crippen LogP contribution in [-0.4, -0.2) is 24.6 Å². The number of hydrogen-bond donors (Lipinski definition) is 1. The Labute approximate surface area is 80.9 Å². The van der Waals surface area contributed by atoms with Gasteiger partial charge in [-0.2, -0.15) is 0 Å². The number of aliphatic hydroxyl groups excluding tert-OH is 1. The van der Waals surface area contributed by atoms with E-state index in [0.29, 0.717) is 22.6 Å². The number of carbonyl (C=O) groups excluding carboxylic acids is 1. The summed E-state index contributed by atoms with van der Waals surface area (Å²) in [5.41, 5.74) is 0.459. The van der Waals surface area contributed by atoms with Gasteiger partial charge in [-0.1, -0.05) is 11.6 Å². The Morgan fingerprint density at radius 3 is 2.85 bits per heavy atom. The summed E-state index contributed by atoms with van der Waals surface area (Å²) in [7, 11) is 0. The summed E-state index contributed by atoms with van der Waals surface area (Å²) in [5, 5.41) is 8.94. The van der Waals surface area contributed by atoms with E-state index in [4.69, 9.17) is 21.4 Å². The van der Waals surface area contributed by atoms with Crippen LogP contribution in [0.4, 0.5) is 0 Å². The van der Waals surface area contributed by atoms with Crippen LogP contribution < -0.4 is 4.74 Å². The summed E-state index contributed by atoms with van der Waals surface area (Å²) in [6.07, 6.45) is 0.692. The topological polar surface area (TPSA) is 46.5 Å². The van der Waals surface area contributed by atoms with Crippen molar-refractivity contribution in [1.82, 2.24) is 0 Å². The van der Waals surface area contributed by atoms with Crippen molar-refractivity contribution in [3.8, 4) is 5.75 Å². The summed E-state index contributed by atoms with van der Waals surface area (Å²) >= 11 is 5.71. The minimum atomic E-state index is -0.0665. The minimum absolute atomic E-state index is 0.0665. The maximum Gasteiger partial charge on any atom is 0.150 e. The van der Waals surface area contributed by atoms with Gasteiger partial charge in [0.15, 0.2) is 0 Å². The van der Waals surface area contributed by atoms with Crippen molar-refractivity contribution >= 4 is 17.9 Å². The molecule has 0 radical (unpaired) electrons. The molecule has 0 heterocycles. The number of aldehydes is 1. The second-order valence-electron chi connectivity index (χ2n) is 2.41. The van der Waals surface area contributed by atoms with Crippen LogP contribution >= 0.6 is 11.6 Å². The number of rotatable bonds is 4. The maximum absolute atomic E-state index is 10.4. The van der Waals surface area contributed by atoms with Gasteiger partial charge < -0.3 is 9.84 Å². The number of hydrogen-bond acceptors (Lipinski definition) is 3.